The second-order valence-corrected chi connectivity index (χ2v) is 5.38. The van der Waals surface area contributed by atoms with Crippen LogP contribution in [-0.2, 0) is 0 Å². The van der Waals surface area contributed by atoms with Gasteiger partial charge in [0.1, 0.15) is 11.3 Å². The Labute approximate surface area is 129 Å². The highest BCUT2D eigenvalue weighted by Crippen LogP contribution is 2.25. The van der Waals surface area contributed by atoms with E-state index in [-0.39, 0.29) is 11.4 Å². The van der Waals surface area contributed by atoms with Crippen molar-refractivity contribution in [3.8, 4) is 11.9 Å². The standard InChI is InChI=1S/C14H20N4O2S/c1-4-5-8-20-13-12-10(16-14(18-13)19-3)6-7-11(17-12)15-9(2)21/h6-7,9,21H,4-5,8H2,1-3H3,(H,15,17). The molecule has 1 N–H and O–H groups in total. The van der Waals surface area contributed by atoms with Crippen LogP contribution >= 0.6 is 12.6 Å². The number of pyridine rings is 1. The van der Waals surface area contributed by atoms with E-state index in [1.807, 2.05) is 19.1 Å². The van der Waals surface area contributed by atoms with E-state index in [0.29, 0.717) is 29.3 Å². The Bertz CT molecular complexity index is 607. The number of nitrogens with zero attached hydrogens (tertiary/aromatic N) is 3. The van der Waals surface area contributed by atoms with E-state index in [9.17, 15) is 0 Å². The number of thiol groups is 1. The maximum absolute atomic E-state index is 5.72. The lowest BCUT2D eigenvalue weighted by molar-refractivity contribution is 0.292. The minimum atomic E-state index is -0.00132. The molecule has 2 rings (SSSR count). The molecule has 2 aromatic rings. The minimum Gasteiger partial charge on any atom is -0.476 e. The zero-order chi connectivity index (χ0) is 15.2. The average Bonchev–Trinajstić information content (AvgIpc) is 2.46. The van der Waals surface area contributed by atoms with Crippen molar-refractivity contribution in [2.75, 3.05) is 19.0 Å². The van der Waals surface area contributed by atoms with Gasteiger partial charge < -0.3 is 14.8 Å². The SMILES string of the molecule is CCCCOc1nc(OC)nc2ccc(NC(C)S)nc12. The van der Waals surface area contributed by atoms with Gasteiger partial charge in [-0.15, -0.1) is 0 Å². The third kappa shape index (κ3) is 4.10. The van der Waals surface area contributed by atoms with Crippen LogP contribution in [0.5, 0.6) is 11.9 Å². The van der Waals surface area contributed by atoms with Gasteiger partial charge in [0.15, 0.2) is 5.52 Å². The number of nitrogens with one attached hydrogen (secondary N) is 1. The summed E-state index contributed by atoms with van der Waals surface area (Å²) in [6.45, 7) is 4.63. The summed E-state index contributed by atoms with van der Waals surface area (Å²) in [5.41, 5.74) is 1.30. The Morgan fingerprint density at radius 2 is 2.10 bits per heavy atom. The quantitative estimate of drug-likeness (QED) is 0.466. The number of rotatable bonds is 7. The molecular formula is C14H20N4O2S. The van der Waals surface area contributed by atoms with Gasteiger partial charge in [-0.1, -0.05) is 13.3 Å². The molecule has 0 fully saturated rings. The molecule has 0 aliphatic carbocycles. The van der Waals surface area contributed by atoms with Crippen molar-refractivity contribution in [2.45, 2.75) is 32.1 Å². The van der Waals surface area contributed by atoms with Crippen molar-refractivity contribution >= 4 is 29.5 Å². The van der Waals surface area contributed by atoms with Crippen LogP contribution in [0.3, 0.4) is 0 Å². The predicted molar refractivity (Wildman–Crippen MR) is 86.4 cm³/mol. The molecule has 1 unspecified atom stereocenters. The van der Waals surface area contributed by atoms with Crippen molar-refractivity contribution in [2.24, 2.45) is 0 Å². The Morgan fingerprint density at radius 3 is 2.76 bits per heavy atom. The van der Waals surface area contributed by atoms with Crippen LogP contribution in [0.4, 0.5) is 5.82 Å². The van der Waals surface area contributed by atoms with Gasteiger partial charge in [0.2, 0.25) is 5.88 Å². The Kier molecular flexibility index (Phi) is 5.44. The highest BCUT2D eigenvalue weighted by molar-refractivity contribution is 7.81. The first-order valence-corrected chi connectivity index (χ1v) is 7.46. The molecule has 21 heavy (non-hydrogen) atoms. The van der Waals surface area contributed by atoms with Crippen molar-refractivity contribution in [3.63, 3.8) is 0 Å². The second-order valence-electron chi connectivity index (χ2n) is 4.60. The number of hydrogen-bond acceptors (Lipinski definition) is 7. The maximum atomic E-state index is 5.72. The molecule has 0 bridgehead atoms. The molecule has 0 aromatic carbocycles. The van der Waals surface area contributed by atoms with Gasteiger partial charge in [0.05, 0.1) is 19.1 Å². The summed E-state index contributed by atoms with van der Waals surface area (Å²) in [5.74, 6) is 1.15. The van der Waals surface area contributed by atoms with Crippen LogP contribution in [0.25, 0.3) is 11.0 Å². The molecule has 114 valence electrons. The summed E-state index contributed by atoms with van der Waals surface area (Å²) in [4.78, 5) is 13.0. The Balaban J connectivity index is 2.39. The fourth-order valence-corrected chi connectivity index (χ4v) is 1.90. The van der Waals surface area contributed by atoms with Gasteiger partial charge in [0, 0.05) is 0 Å². The van der Waals surface area contributed by atoms with E-state index in [0.717, 1.165) is 12.8 Å². The highest BCUT2D eigenvalue weighted by atomic mass is 32.1. The molecule has 0 aliphatic heterocycles. The van der Waals surface area contributed by atoms with Gasteiger partial charge in [0.25, 0.3) is 0 Å². The lowest BCUT2D eigenvalue weighted by atomic mass is 10.3. The number of fused-ring (bicyclic) bond motifs is 1. The molecule has 0 radical (unpaired) electrons. The molecule has 0 amide bonds. The zero-order valence-electron chi connectivity index (χ0n) is 12.5. The highest BCUT2D eigenvalue weighted by Gasteiger charge is 2.12. The van der Waals surface area contributed by atoms with Crippen LogP contribution in [0.2, 0.25) is 0 Å². The Morgan fingerprint density at radius 1 is 1.29 bits per heavy atom. The van der Waals surface area contributed by atoms with Gasteiger partial charge >= 0.3 is 6.01 Å². The first-order chi connectivity index (χ1) is 10.1. The van der Waals surface area contributed by atoms with Crippen LogP contribution < -0.4 is 14.8 Å². The molecule has 7 heteroatoms. The predicted octanol–water partition coefficient (Wildman–Crippen LogP) is 2.90. The van der Waals surface area contributed by atoms with Gasteiger partial charge in [-0.05, 0) is 25.5 Å². The summed E-state index contributed by atoms with van der Waals surface area (Å²) >= 11 is 4.30. The summed E-state index contributed by atoms with van der Waals surface area (Å²) in [5, 5.41) is 3.13. The van der Waals surface area contributed by atoms with Crippen molar-refractivity contribution in [1.82, 2.24) is 15.0 Å². The first-order valence-electron chi connectivity index (χ1n) is 6.94. The zero-order valence-corrected chi connectivity index (χ0v) is 13.4. The molecular weight excluding hydrogens is 288 g/mol. The van der Waals surface area contributed by atoms with E-state index in [2.05, 4.69) is 39.8 Å². The summed E-state index contributed by atoms with van der Waals surface area (Å²) in [6, 6.07) is 3.98. The fourth-order valence-electron chi connectivity index (χ4n) is 1.77. The molecule has 0 spiro atoms. The van der Waals surface area contributed by atoms with Gasteiger partial charge in [-0.2, -0.15) is 22.6 Å². The molecule has 2 aromatic heterocycles. The monoisotopic (exact) mass is 308 g/mol. The smallest absolute Gasteiger partial charge is 0.320 e. The van der Waals surface area contributed by atoms with E-state index in [1.54, 1.807) is 0 Å². The number of aromatic nitrogens is 3. The van der Waals surface area contributed by atoms with E-state index < -0.39 is 0 Å². The summed E-state index contributed by atoms with van der Waals surface area (Å²) < 4.78 is 10.8. The van der Waals surface area contributed by atoms with Crippen molar-refractivity contribution in [3.05, 3.63) is 12.1 Å². The molecule has 1 atom stereocenters. The fraction of sp³-hybridized carbons (Fsp3) is 0.500. The number of hydrogen-bond donors (Lipinski definition) is 2. The van der Waals surface area contributed by atoms with Crippen LogP contribution in [0.1, 0.15) is 26.7 Å². The van der Waals surface area contributed by atoms with Gasteiger partial charge in [-0.25, -0.2) is 4.98 Å². The maximum Gasteiger partial charge on any atom is 0.320 e. The number of methoxy groups -OCH3 is 1. The molecule has 2 heterocycles. The third-order valence-corrected chi connectivity index (χ3v) is 2.89. The summed E-state index contributed by atoms with van der Waals surface area (Å²) in [7, 11) is 1.53. The number of unbranched alkanes of at least 4 members (excludes halogenated alkanes) is 1. The topological polar surface area (TPSA) is 69.2 Å². The van der Waals surface area contributed by atoms with Crippen LogP contribution in [0.15, 0.2) is 12.1 Å². The molecule has 6 nitrogen and oxygen atoms in total. The third-order valence-electron chi connectivity index (χ3n) is 2.77. The van der Waals surface area contributed by atoms with Crippen LogP contribution in [0, 0.1) is 0 Å². The van der Waals surface area contributed by atoms with E-state index in [1.165, 1.54) is 7.11 Å². The van der Waals surface area contributed by atoms with Gasteiger partial charge in [-0.3, -0.25) is 0 Å². The molecule has 0 aliphatic rings. The second kappa shape index (κ2) is 7.31. The minimum absolute atomic E-state index is 0.00132. The number of ether oxygens (including phenoxy) is 2. The lowest BCUT2D eigenvalue weighted by Crippen LogP contribution is -2.09. The first kappa shape index (κ1) is 15.6. The molecule has 0 saturated heterocycles. The number of anilines is 1. The normalized spacial score (nSPS) is 12.2. The van der Waals surface area contributed by atoms with E-state index in [4.69, 9.17) is 9.47 Å². The van der Waals surface area contributed by atoms with Crippen molar-refractivity contribution in [1.29, 1.82) is 0 Å². The lowest BCUT2D eigenvalue weighted by Gasteiger charge is -2.11. The van der Waals surface area contributed by atoms with Crippen molar-refractivity contribution < 1.29 is 9.47 Å². The largest absolute Gasteiger partial charge is 0.476 e. The van der Waals surface area contributed by atoms with E-state index >= 15 is 0 Å². The Hall–Kier alpha value is -1.76. The summed E-state index contributed by atoms with van der Waals surface area (Å²) in [6.07, 6.45) is 2.01. The average molecular weight is 308 g/mol. The molecule has 0 saturated carbocycles. The van der Waals surface area contributed by atoms with Crippen LogP contribution in [-0.4, -0.2) is 34.0 Å².